The lowest BCUT2D eigenvalue weighted by Crippen LogP contribution is -2.53. The number of aliphatic hydroxyl groups is 1. The van der Waals surface area contributed by atoms with Crippen LogP contribution in [0.1, 0.15) is 54.5 Å². The van der Waals surface area contributed by atoms with Crippen molar-refractivity contribution in [1.82, 2.24) is 10.3 Å². The van der Waals surface area contributed by atoms with Gasteiger partial charge in [0, 0.05) is 12.6 Å². The largest absolute Gasteiger partial charge is 0.416 e. The van der Waals surface area contributed by atoms with Crippen LogP contribution in [-0.4, -0.2) is 16.3 Å². The Morgan fingerprint density at radius 3 is 2.24 bits per heavy atom. The molecule has 33 heavy (non-hydrogen) atoms. The molecule has 6 heteroatoms. The Kier molecular flexibility index (Phi) is 7.15. The van der Waals surface area contributed by atoms with Gasteiger partial charge in [0.05, 0.1) is 16.8 Å². The molecule has 0 radical (unpaired) electrons. The molecule has 1 aromatic heterocycles. The minimum Gasteiger partial charge on any atom is -0.378 e. The van der Waals surface area contributed by atoms with E-state index in [0.29, 0.717) is 17.7 Å². The molecule has 2 unspecified atom stereocenters. The van der Waals surface area contributed by atoms with Gasteiger partial charge < -0.3 is 5.11 Å². The maximum absolute atomic E-state index is 13.7. The third kappa shape index (κ3) is 5.45. The summed E-state index contributed by atoms with van der Waals surface area (Å²) in [6.45, 7) is 0. The van der Waals surface area contributed by atoms with Crippen LogP contribution in [0.4, 0.5) is 13.2 Å². The topological polar surface area (TPSA) is 45.1 Å². The first-order chi connectivity index (χ1) is 15.9. The van der Waals surface area contributed by atoms with E-state index in [2.05, 4.69) is 10.3 Å². The summed E-state index contributed by atoms with van der Waals surface area (Å²) in [5, 5.41) is 14.7. The summed E-state index contributed by atoms with van der Waals surface area (Å²) in [6, 6.07) is 20.4. The van der Waals surface area contributed by atoms with E-state index >= 15 is 0 Å². The van der Waals surface area contributed by atoms with E-state index in [1.807, 2.05) is 42.5 Å². The summed E-state index contributed by atoms with van der Waals surface area (Å²) in [5.41, 5.74) is 0.0739. The molecule has 1 aliphatic rings. The Hall–Kier alpha value is -2.70. The molecule has 4 rings (SSSR count). The van der Waals surface area contributed by atoms with E-state index in [1.165, 1.54) is 12.1 Å². The third-order valence-corrected chi connectivity index (χ3v) is 6.59. The molecule has 0 saturated heterocycles. The van der Waals surface area contributed by atoms with Gasteiger partial charge in [-0.15, -0.1) is 0 Å². The maximum Gasteiger partial charge on any atom is 0.416 e. The van der Waals surface area contributed by atoms with E-state index in [9.17, 15) is 18.3 Å². The smallest absolute Gasteiger partial charge is 0.378 e. The Morgan fingerprint density at radius 1 is 0.879 bits per heavy atom. The van der Waals surface area contributed by atoms with Crippen LogP contribution in [0.15, 0.2) is 79.0 Å². The van der Waals surface area contributed by atoms with E-state index < -0.39 is 23.5 Å². The van der Waals surface area contributed by atoms with Gasteiger partial charge in [0.15, 0.2) is 0 Å². The highest BCUT2D eigenvalue weighted by atomic mass is 19.4. The van der Waals surface area contributed by atoms with Gasteiger partial charge in [-0.2, -0.15) is 13.2 Å². The number of rotatable bonds is 7. The molecule has 2 N–H and O–H groups in total. The molecule has 2 atom stereocenters. The number of alkyl halides is 3. The molecular formula is C27H29F3N2O. The Bertz CT molecular complexity index is 1020. The molecule has 1 fully saturated rings. The number of benzene rings is 2. The average Bonchev–Trinajstić information content (AvgIpc) is 2.85. The zero-order chi connectivity index (χ0) is 23.3. The Balaban J connectivity index is 1.86. The standard InChI is InChI=1S/C27H29F3N2O/c28-27(29,30)23-15-9-14-22(18-23)26(24-16-7-8-17-31-24,19-20-10-3-1-4-11-20)32-25(33)21-12-5-2-6-13-21/h1,3-4,7-11,14-18,21,25,32-33H,2,5-6,12-13,19H2. The van der Waals surface area contributed by atoms with Crippen molar-refractivity contribution in [1.29, 1.82) is 0 Å². The van der Waals surface area contributed by atoms with Crippen LogP contribution in [0.25, 0.3) is 0 Å². The van der Waals surface area contributed by atoms with Crippen molar-refractivity contribution in [2.24, 2.45) is 5.92 Å². The Labute approximate surface area is 192 Å². The number of aliphatic hydroxyl groups excluding tert-OH is 1. The first-order valence-corrected chi connectivity index (χ1v) is 11.5. The second-order valence-corrected chi connectivity index (χ2v) is 8.85. The van der Waals surface area contributed by atoms with Crippen LogP contribution in [0.3, 0.4) is 0 Å². The minimum atomic E-state index is -4.47. The number of nitrogens with zero attached hydrogens (tertiary/aromatic N) is 1. The molecule has 1 heterocycles. The first kappa shape index (κ1) is 23.5. The molecular weight excluding hydrogens is 425 g/mol. The van der Waals surface area contributed by atoms with Crippen molar-refractivity contribution in [3.63, 3.8) is 0 Å². The lowest BCUT2D eigenvalue weighted by molar-refractivity contribution is -0.137. The highest BCUT2D eigenvalue weighted by Gasteiger charge is 2.41. The number of pyridine rings is 1. The van der Waals surface area contributed by atoms with Gasteiger partial charge in [0.2, 0.25) is 0 Å². The Morgan fingerprint density at radius 2 is 1.58 bits per heavy atom. The van der Waals surface area contributed by atoms with Gasteiger partial charge in [-0.25, -0.2) is 0 Å². The lowest BCUT2D eigenvalue weighted by atomic mass is 9.78. The van der Waals surface area contributed by atoms with E-state index in [4.69, 9.17) is 0 Å². The van der Waals surface area contributed by atoms with Crippen LogP contribution in [0.2, 0.25) is 0 Å². The predicted octanol–water partition coefficient (Wildman–Crippen LogP) is 6.08. The molecule has 0 aliphatic heterocycles. The van der Waals surface area contributed by atoms with Crippen LogP contribution in [0.5, 0.6) is 0 Å². The number of halogens is 3. The number of aromatic nitrogens is 1. The summed E-state index contributed by atoms with van der Waals surface area (Å²) in [6.07, 6.45) is 1.65. The van der Waals surface area contributed by atoms with Gasteiger partial charge in [-0.05, 0) is 54.2 Å². The van der Waals surface area contributed by atoms with Crippen LogP contribution in [0, 0.1) is 5.92 Å². The molecule has 174 valence electrons. The molecule has 0 amide bonds. The van der Waals surface area contributed by atoms with E-state index in [0.717, 1.165) is 43.7 Å². The molecule has 3 nitrogen and oxygen atoms in total. The number of nitrogens with one attached hydrogen (secondary N) is 1. The fourth-order valence-corrected chi connectivity index (χ4v) is 4.85. The third-order valence-electron chi connectivity index (χ3n) is 6.59. The minimum absolute atomic E-state index is 0.0448. The molecule has 2 aromatic carbocycles. The second-order valence-electron chi connectivity index (χ2n) is 8.85. The average molecular weight is 455 g/mol. The number of hydrogen-bond acceptors (Lipinski definition) is 3. The summed E-state index contributed by atoms with van der Waals surface area (Å²) < 4.78 is 41.0. The van der Waals surface area contributed by atoms with Crippen LogP contribution < -0.4 is 5.32 Å². The molecule has 0 bridgehead atoms. The van der Waals surface area contributed by atoms with Gasteiger partial charge >= 0.3 is 6.18 Å². The molecule has 0 spiro atoms. The monoisotopic (exact) mass is 454 g/mol. The zero-order valence-electron chi connectivity index (χ0n) is 18.4. The van der Waals surface area contributed by atoms with Crippen LogP contribution >= 0.6 is 0 Å². The highest BCUT2D eigenvalue weighted by molar-refractivity contribution is 5.40. The highest BCUT2D eigenvalue weighted by Crippen LogP contribution is 2.38. The quantitative estimate of drug-likeness (QED) is 0.426. The fraction of sp³-hybridized carbons (Fsp3) is 0.370. The molecule has 1 aliphatic carbocycles. The summed E-state index contributed by atoms with van der Waals surface area (Å²) in [4.78, 5) is 4.56. The second kappa shape index (κ2) is 10.1. The fourth-order valence-electron chi connectivity index (χ4n) is 4.85. The molecule has 1 saturated carbocycles. The first-order valence-electron chi connectivity index (χ1n) is 11.5. The van der Waals surface area contributed by atoms with Crippen molar-refractivity contribution in [2.75, 3.05) is 0 Å². The summed E-state index contributed by atoms with van der Waals surface area (Å²) in [5.74, 6) is 0.0448. The summed E-state index contributed by atoms with van der Waals surface area (Å²) in [7, 11) is 0. The lowest BCUT2D eigenvalue weighted by Gasteiger charge is -2.40. The van der Waals surface area contributed by atoms with Gasteiger partial charge in [0.25, 0.3) is 0 Å². The SMILES string of the molecule is OC(NC(Cc1ccccc1)(c1cccc(C(F)(F)F)c1)c1ccccn1)C1CCCCC1. The van der Waals surface area contributed by atoms with Gasteiger partial charge in [-0.3, -0.25) is 10.3 Å². The van der Waals surface area contributed by atoms with Crippen LogP contribution in [-0.2, 0) is 18.1 Å². The van der Waals surface area contributed by atoms with Gasteiger partial charge in [0.1, 0.15) is 6.23 Å². The van der Waals surface area contributed by atoms with Gasteiger partial charge in [-0.1, -0.05) is 67.8 Å². The zero-order valence-corrected chi connectivity index (χ0v) is 18.4. The summed E-state index contributed by atoms with van der Waals surface area (Å²) >= 11 is 0. The van der Waals surface area contributed by atoms with Crippen molar-refractivity contribution >= 4 is 0 Å². The van der Waals surface area contributed by atoms with E-state index in [-0.39, 0.29) is 5.92 Å². The normalized spacial score (nSPS) is 17.9. The van der Waals surface area contributed by atoms with E-state index in [1.54, 1.807) is 18.3 Å². The number of hydrogen-bond donors (Lipinski definition) is 2. The van der Waals surface area contributed by atoms with Crippen molar-refractivity contribution < 1.29 is 18.3 Å². The predicted molar refractivity (Wildman–Crippen MR) is 122 cm³/mol. The van der Waals surface area contributed by atoms with Crippen molar-refractivity contribution in [2.45, 2.75) is 56.5 Å². The van der Waals surface area contributed by atoms with Crippen molar-refractivity contribution in [3.05, 3.63) is 101 Å². The molecule has 3 aromatic rings. The van der Waals surface area contributed by atoms with Crippen molar-refractivity contribution in [3.8, 4) is 0 Å². The maximum atomic E-state index is 13.7.